The van der Waals surface area contributed by atoms with Gasteiger partial charge in [-0.2, -0.15) is 0 Å². The molecule has 0 bridgehead atoms. The Morgan fingerprint density at radius 1 is 1.04 bits per heavy atom. The van der Waals surface area contributed by atoms with E-state index in [1.807, 2.05) is 12.1 Å². The Morgan fingerprint density at radius 2 is 1.69 bits per heavy atom. The van der Waals surface area contributed by atoms with Gasteiger partial charge in [-0.3, -0.25) is 0 Å². The van der Waals surface area contributed by atoms with Crippen LogP contribution in [0.15, 0.2) is 24.3 Å². The average Bonchev–Trinajstić information content (AvgIpc) is 3.46. The molecule has 1 aromatic rings. The molecule has 1 unspecified atom stereocenters. The quantitative estimate of drug-likeness (QED) is 0.767. The minimum absolute atomic E-state index is 0.0500. The van der Waals surface area contributed by atoms with E-state index in [1.54, 1.807) is 7.11 Å². The number of carbonyl (C=O) groups excluding carboxylic acids is 1. The summed E-state index contributed by atoms with van der Waals surface area (Å²) in [5.74, 6) is 1.39. The molecule has 2 aliphatic carbocycles. The van der Waals surface area contributed by atoms with Crippen molar-refractivity contribution in [3.8, 4) is 5.75 Å². The highest BCUT2D eigenvalue weighted by atomic mass is 16.5. The first-order chi connectivity index (χ1) is 12.5. The van der Waals surface area contributed by atoms with Crippen LogP contribution in [0.25, 0.3) is 0 Å². The Morgan fingerprint density at radius 3 is 2.23 bits per heavy atom. The molecular formula is C21H32N2O3. The van der Waals surface area contributed by atoms with Gasteiger partial charge in [-0.1, -0.05) is 12.1 Å². The molecular weight excluding hydrogens is 328 g/mol. The van der Waals surface area contributed by atoms with Crippen LogP contribution in [-0.4, -0.2) is 31.4 Å². The second kappa shape index (κ2) is 8.76. The van der Waals surface area contributed by atoms with Gasteiger partial charge < -0.3 is 20.1 Å². The molecule has 0 aliphatic heterocycles. The highest BCUT2D eigenvalue weighted by molar-refractivity contribution is 5.75. The van der Waals surface area contributed by atoms with Crippen molar-refractivity contribution in [2.45, 2.75) is 76.7 Å². The number of urea groups is 1. The number of methoxy groups -OCH3 is 1. The normalized spacial score (nSPS) is 24.2. The Bertz CT molecular complexity index is 575. The molecule has 26 heavy (non-hydrogen) atoms. The van der Waals surface area contributed by atoms with Crippen molar-refractivity contribution in [3.05, 3.63) is 29.8 Å². The van der Waals surface area contributed by atoms with Crippen LogP contribution in [0.2, 0.25) is 0 Å². The summed E-state index contributed by atoms with van der Waals surface area (Å²) in [5.41, 5.74) is 1.15. The van der Waals surface area contributed by atoms with E-state index in [4.69, 9.17) is 9.47 Å². The van der Waals surface area contributed by atoms with Gasteiger partial charge in [-0.15, -0.1) is 0 Å². The zero-order chi connectivity index (χ0) is 18.5. The lowest BCUT2D eigenvalue weighted by Gasteiger charge is -2.31. The summed E-state index contributed by atoms with van der Waals surface area (Å²) in [6.07, 6.45) is 6.99. The number of amides is 2. The summed E-state index contributed by atoms with van der Waals surface area (Å²) in [6, 6.07) is 8.30. The maximum Gasteiger partial charge on any atom is 0.315 e. The summed E-state index contributed by atoms with van der Waals surface area (Å²) < 4.78 is 11.1. The fraction of sp³-hybridized carbons (Fsp3) is 0.667. The van der Waals surface area contributed by atoms with Crippen LogP contribution in [-0.2, 0) is 4.74 Å². The molecule has 2 aliphatic rings. The molecule has 2 amide bonds. The zero-order valence-corrected chi connectivity index (χ0v) is 16.2. The maximum atomic E-state index is 12.5. The fourth-order valence-corrected chi connectivity index (χ4v) is 3.81. The lowest BCUT2D eigenvalue weighted by atomic mass is 9.93. The second-order valence-corrected chi connectivity index (χ2v) is 7.86. The van der Waals surface area contributed by atoms with E-state index in [0.717, 1.165) is 37.0 Å². The fourth-order valence-electron chi connectivity index (χ4n) is 3.81. The van der Waals surface area contributed by atoms with E-state index in [-0.39, 0.29) is 24.2 Å². The Labute approximate surface area is 156 Å². The number of benzene rings is 1. The van der Waals surface area contributed by atoms with E-state index >= 15 is 0 Å². The monoisotopic (exact) mass is 360 g/mol. The molecule has 2 saturated carbocycles. The maximum absolute atomic E-state index is 12.5. The third-order valence-corrected chi connectivity index (χ3v) is 5.33. The third kappa shape index (κ3) is 5.37. The third-order valence-electron chi connectivity index (χ3n) is 5.33. The number of hydrogen-bond donors (Lipinski definition) is 2. The molecule has 1 aromatic carbocycles. The molecule has 5 nitrogen and oxygen atoms in total. The van der Waals surface area contributed by atoms with Gasteiger partial charge in [0.15, 0.2) is 0 Å². The number of hydrogen-bond acceptors (Lipinski definition) is 3. The van der Waals surface area contributed by atoms with E-state index < -0.39 is 0 Å². The molecule has 3 rings (SSSR count). The van der Waals surface area contributed by atoms with E-state index in [2.05, 4.69) is 36.6 Å². The number of nitrogens with one attached hydrogen (secondary N) is 2. The first kappa shape index (κ1) is 19.0. The summed E-state index contributed by atoms with van der Waals surface area (Å²) in [6.45, 7) is 4.16. The first-order valence-electron chi connectivity index (χ1n) is 9.91. The van der Waals surface area contributed by atoms with Gasteiger partial charge in [0.1, 0.15) is 5.75 Å². The Hall–Kier alpha value is -1.75. The first-order valence-corrected chi connectivity index (χ1v) is 9.91. The highest BCUT2D eigenvalue weighted by Crippen LogP contribution is 2.41. The summed E-state index contributed by atoms with van der Waals surface area (Å²) >= 11 is 0. The second-order valence-electron chi connectivity index (χ2n) is 7.86. The van der Waals surface area contributed by atoms with Crippen LogP contribution < -0.4 is 15.4 Å². The smallest absolute Gasteiger partial charge is 0.315 e. The van der Waals surface area contributed by atoms with E-state index in [9.17, 15) is 4.79 Å². The minimum atomic E-state index is -0.0500. The molecule has 2 fully saturated rings. The van der Waals surface area contributed by atoms with Gasteiger partial charge in [0.25, 0.3) is 0 Å². The lowest BCUT2D eigenvalue weighted by molar-refractivity contribution is -0.0156. The molecule has 0 saturated heterocycles. The zero-order valence-electron chi connectivity index (χ0n) is 16.2. The van der Waals surface area contributed by atoms with Crippen molar-refractivity contribution in [1.29, 1.82) is 0 Å². The van der Waals surface area contributed by atoms with E-state index in [0.29, 0.717) is 12.0 Å². The van der Waals surface area contributed by atoms with Crippen molar-refractivity contribution >= 4 is 6.03 Å². The van der Waals surface area contributed by atoms with Crippen LogP contribution in [0, 0.1) is 5.92 Å². The van der Waals surface area contributed by atoms with Crippen molar-refractivity contribution in [2.24, 2.45) is 5.92 Å². The van der Waals surface area contributed by atoms with Crippen LogP contribution >= 0.6 is 0 Å². The average molecular weight is 360 g/mol. The van der Waals surface area contributed by atoms with Crippen LogP contribution in [0.4, 0.5) is 4.79 Å². The topological polar surface area (TPSA) is 59.6 Å². The number of carbonyl (C=O) groups is 1. The predicted molar refractivity (Wildman–Crippen MR) is 102 cm³/mol. The van der Waals surface area contributed by atoms with Gasteiger partial charge in [-0.05, 0) is 76.0 Å². The van der Waals surface area contributed by atoms with Crippen molar-refractivity contribution in [3.63, 3.8) is 0 Å². The Kier molecular flexibility index (Phi) is 6.41. The molecule has 0 aromatic heterocycles. The van der Waals surface area contributed by atoms with Crippen molar-refractivity contribution in [1.82, 2.24) is 10.6 Å². The largest absolute Gasteiger partial charge is 0.497 e. The Balaban J connectivity index is 1.49. The van der Waals surface area contributed by atoms with E-state index in [1.165, 1.54) is 12.8 Å². The molecule has 2 N–H and O–H groups in total. The van der Waals surface area contributed by atoms with Crippen LogP contribution in [0.1, 0.15) is 64.0 Å². The summed E-state index contributed by atoms with van der Waals surface area (Å²) in [5, 5.41) is 6.37. The standard InChI is InChI=1S/C21H32N2O3/c1-14(2)26-19-12-8-17(9-13-19)22-21(24)23-20(15-4-5-15)16-6-10-18(25-3)11-7-16/h6-7,10-11,14-15,17,19-20H,4-5,8-9,12-13H2,1-3H3,(H2,22,23,24). The summed E-state index contributed by atoms with van der Waals surface area (Å²) in [7, 11) is 1.67. The molecule has 144 valence electrons. The summed E-state index contributed by atoms with van der Waals surface area (Å²) in [4.78, 5) is 12.5. The predicted octanol–water partition coefficient (Wildman–Crippen LogP) is 4.18. The van der Waals surface area contributed by atoms with Crippen LogP contribution in [0.5, 0.6) is 5.75 Å². The SMILES string of the molecule is COc1ccc(C(NC(=O)NC2CCC(OC(C)C)CC2)C2CC2)cc1. The lowest BCUT2D eigenvalue weighted by Crippen LogP contribution is -2.46. The van der Waals surface area contributed by atoms with Crippen molar-refractivity contribution < 1.29 is 14.3 Å². The van der Waals surface area contributed by atoms with Gasteiger partial charge in [0.2, 0.25) is 0 Å². The molecule has 0 heterocycles. The molecule has 0 spiro atoms. The number of rotatable bonds is 7. The number of ether oxygens (including phenoxy) is 2. The minimum Gasteiger partial charge on any atom is -0.497 e. The van der Waals surface area contributed by atoms with Gasteiger partial charge in [-0.25, -0.2) is 4.79 Å². The van der Waals surface area contributed by atoms with Gasteiger partial charge >= 0.3 is 6.03 Å². The van der Waals surface area contributed by atoms with Gasteiger partial charge in [0.05, 0.1) is 25.4 Å². The molecule has 1 atom stereocenters. The van der Waals surface area contributed by atoms with Gasteiger partial charge in [0, 0.05) is 6.04 Å². The molecule has 0 radical (unpaired) electrons. The molecule has 5 heteroatoms. The highest BCUT2D eigenvalue weighted by Gasteiger charge is 2.34. The van der Waals surface area contributed by atoms with Crippen LogP contribution in [0.3, 0.4) is 0 Å². The van der Waals surface area contributed by atoms with Crippen molar-refractivity contribution in [2.75, 3.05) is 7.11 Å².